The standard InChI is InChI=1S/C25H27N3O3/c1-5-6-7-16(3)28(4)24-23(17-9-11-22-19(12-17)15(2)14-31-22)26-20-10-8-18(25(29)30)13-21(20)27-24/h8-14,16H,5-7H2,1-4H3,(H,29,30). The third-order valence-electron chi connectivity index (χ3n) is 5.90. The summed E-state index contributed by atoms with van der Waals surface area (Å²) in [6.07, 6.45) is 5.06. The van der Waals surface area contributed by atoms with Crippen molar-refractivity contribution in [3.63, 3.8) is 0 Å². The molecule has 2 aromatic heterocycles. The Labute approximate surface area is 181 Å². The smallest absolute Gasteiger partial charge is 0.335 e. The highest BCUT2D eigenvalue weighted by Crippen LogP contribution is 2.34. The van der Waals surface area contributed by atoms with Gasteiger partial charge >= 0.3 is 5.97 Å². The first kappa shape index (κ1) is 20.8. The van der Waals surface area contributed by atoms with Gasteiger partial charge < -0.3 is 14.4 Å². The molecule has 0 bridgehead atoms. The third kappa shape index (κ3) is 3.98. The summed E-state index contributed by atoms with van der Waals surface area (Å²) < 4.78 is 5.60. The number of aryl methyl sites for hydroxylation is 1. The summed E-state index contributed by atoms with van der Waals surface area (Å²) in [5.74, 6) is -0.223. The normalized spacial score (nSPS) is 12.4. The van der Waals surface area contributed by atoms with Gasteiger partial charge in [-0.05, 0) is 62.2 Å². The number of carboxylic acid groups (broad SMARTS) is 1. The van der Waals surface area contributed by atoms with E-state index in [9.17, 15) is 9.90 Å². The van der Waals surface area contributed by atoms with Crippen molar-refractivity contribution in [1.82, 2.24) is 9.97 Å². The molecule has 0 radical (unpaired) electrons. The van der Waals surface area contributed by atoms with Crippen LogP contribution in [-0.4, -0.2) is 34.1 Å². The van der Waals surface area contributed by atoms with Crippen molar-refractivity contribution in [2.45, 2.75) is 46.1 Å². The van der Waals surface area contributed by atoms with Crippen LogP contribution in [0.1, 0.15) is 49.0 Å². The first-order valence-corrected chi connectivity index (χ1v) is 10.6. The van der Waals surface area contributed by atoms with Gasteiger partial charge in [0.05, 0.1) is 22.9 Å². The molecule has 2 heterocycles. The number of fused-ring (bicyclic) bond motifs is 2. The van der Waals surface area contributed by atoms with Crippen LogP contribution in [-0.2, 0) is 0 Å². The summed E-state index contributed by atoms with van der Waals surface area (Å²) >= 11 is 0. The van der Waals surface area contributed by atoms with E-state index in [0.717, 1.165) is 52.9 Å². The highest BCUT2D eigenvalue weighted by atomic mass is 16.4. The van der Waals surface area contributed by atoms with Crippen molar-refractivity contribution >= 4 is 33.8 Å². The first-order chi connectivity index (χ1) is 14.9. The lowest BCUT2D eigenvalue weighted by molar-refractivity contribution is 0.0697. The zero-order valence-corrected chi connectivity index (χ0v) is 18.3. The van der Waals surface area contributed by atoms with Crippen molar-refractivity contribution in [3.8, 4) is 11.3 Å². The van der Waals surface area contributed by atoms with Gasteiger partial charge in [0.15, 0.2) is 5.82 Å². The van der Waals surface area contributed by atoms with Crippen LogP contribution in [0.3, 0.4) is 0 Å². The molecule has 160 valence electrons. The lowest BCUT2D eigenvalue weighted by Gasteiger charge is -2.28. The van der Waals surface area contributed by atoms with Crippen molar-refractivity contribution in [2.75, 3.05) is 11.9 Å². The van der Waals surface area contributed by atoms with Gasteiger partial charge in [0.25, 0.3) is 0 Å². The monoisotopic (exact) mass is 417 g/mol. The summed E-state index contributed by atoms with van der Waals surface area (Å²) in [6, 6.07) is 11.2. The van der Waals surface area contributed by atoms with E-state index in [0.29, 0.717) is 11.0 Å². The number of furan rings is 1. The van der Waals surface area contributed by atoms with Crippen LogP contribution in [0, 0.1) is 6.92 Å². The minimum absolute atomic E-state index is 0.206. The fraction of sp³-hybridized carbons (Fsp3) is 0.320. The lowest BCUT2D eigenvalue weighted by atomic mass is 10.1. The minimum Gasteiger partial charge on any atom is -0.478 e. The van der Waals surface area contributed by atoms with Gasteiger partial charge in [0.1, 0.15) is 11.3 Å². The molecule has 0 saturated heterocycles. The molecule has 0 fully saturated rings. The number of hydrogen-bond donors (Lipinski definition) is 1. The second kappa shape index (κ2) is 8.38. The van der Waals surface area contributed by atoms with Crippen LogP contribution in [0.25, 0.3) is 33.3 Å². The predicted octanol–water partition coefficient (Wildman–Crippen LogP) is 6.06. The molecule has 6 heteroatoms. The molecule has 4 rings (SSSR count). The topological polar surface area (TPSA) is 79.5 Å². The maximum Gasteiger partial charge on any atom is 0.335 e. The fourth-order valence-electron chi connectivity index (χ4n) is 3.82. The summed E-state index contributed by atoms with van der Waals surface area (Å²) in [4.78, 5) is 23.4. The molecule has 0 aliphatic carbocycles. The van der Waals surface area contributed by atoms with Crippen LogP contribution in [0.15, 0.2) is 47.1 Å². The average Bonchev–Trinajstić information content (AvgIpc) is 3.15. The van der Waals surface area contributed by atoms with E-state index in [1.54, 1.807) is 24.5 Å². The van der Waals surface area contributed by atoms with Crippen molar-refractivity contribution in [2.24, 2.45) is 0 Å². The molecule has 0 aliphatic heterocycles. The van der Waals surface area contributed by atoms with E-state index in [1.807, 2.05) is 26.1 Å². The Bertz CT molecular complexity index is 1260. The van der Waals surface area contributed by atoms with Crippen LogP contribution in [0.2, 0.25) is 0 Å². The second-order valence-electron chi connectivity index (χ2n) is 8.14. The van der Waals surface area contributed by atoms with Gasteiger partial charge in [-0.1, -0.05) is 19.8 Å². The van der Waals surface area contributed by atoms with Crippen molar-refractivity contribution in [3.05, 3.63) is 53.8 Å². The molecular formula is C25H27N3O3. The molecule has 0 spiro atoms. The van der Waals surface area contributed by atoms with E-state index >= 15 is 0 Å². The maximum atomic E-state index is 11.4. The Morgan fingerprint density at radius 1 is 1.16 bits per heavy atom. The van der Waals surface area contributed by atoms with Crippen LogP contribution in [0.5, 0.6) is 0 Å². The molecular weight excluding hydrogens is 390 g/mol. The fourth-order valence-corrected chi connectivity index (χ4v) is 3.82. The summed E-state index contributed by atoms with van der Waals surface area (Å²) in [5.41, 5.74) is 5.10. The minimum atomic E-state index is -0.972. The highest BCUT2D eigenvalue weighted by molar-refractivity contribution is 5.94. The first-order valence-electron chi connectivity index (χ1n) is 10.6. The van der Waals surface area contributed by atoms with Crippen LogP contribution >= 0.6 is 0 Å². The molecule has 4 aromatic rings. The SMILES string of the molecule is CCCCC(C)N(C)c1nc2cc(C(=O)O)ccc2nc1-c1ccc2occ(C)c2c1. The van der Waals surface area contributed by atoms with Crippen molar-refractivity contribution < 1.29 is 14.3 Å². The van der Waals surface area contributed by atoms with E-state index < -0.39 is 5.97 Å². The number of benzene rings is 2. The Balaban J connectivity index is 1.91. The molecule has 6 nitrogen and oxygen atoms in total. The zero-order chi connectivity index (χ0) is 22.1. The number of carboxylic acids is 1. The van der Waals surface area contributed by atoms with Gasteiger partial charge in [-0.15, -0.1) is 0 Å². The summed E-state index contributed by atoms with van der Waals surface area (Å²) in [7, 11) is 2.03. The maximum absolute atomic E-state index is 11.4. The zero-order valence-electron chi connectivity index (χ0n) is 18.3. The number of rotatable bonds is 7. The van der Waals surface area contributed by atoms with Gasteiger partial charge in [0.2, 0.25) is 0 Å². The molecule has 2 aromatic carbocycles. The lowest BCUT2D eigenvalue weighted by Crippen LogP contribution is -2.30. The molecule has 0 aliphatic rings. The molecule has 1 N–H and O–H groups in total. The van der Waals surface area contributed by atoms with E-state index in [-0.39, 0.29) is 11.6 Å². The van der Waals surface area contributed by atoms with Crippen molar-refractivity contribution in [1.29, 1.82) is 0 Å². The molecule has 0 amide bonds. The number of unbranched alkanes of at least 4 members (excludes halogenated alkanes) is 1. The summed E-state index contributed by atoms with van der Waals surface area (Å²) in [5, 5.41) is 10.4. The third-order valence-corrected chi connectivity index (χ3v) is 5.90. The molecule has 1 atom stereocenters. The highest BCUT2D eigenvalue weighted by Gasteiger charge is 2.20. The Kier molecular flexibility index (Phi) is 5.63. The Morgan fingerprint density at radius 3 is 2.71 bits per heavy atom. The quantitative estimate of drug-likeness (QED) is 0.393. The van der Waals surface area contributed by atoms with Gasteiger partial charge in [-0.3, -0.25) is 0 Å². The van der Waals surface area contributed by atoms with E-state index in [1.165, 1.54) is 0 Å². The summed E-state index contributed by atoms with van der Waals surface area (Å²) in [6.45, 7) is 6.39. The number of nitrogens with zero attached hydrogens (tertiary/aromatic N) is 3. The Hall–Kier alpha value is -3.41. The van der Waals surface area contributed by atoms with E-state index in [4.69, 9.17) is 14.4 Å². The number of aromatic carboxylic acids is 1. The van der Waals surface area contributed by atoms with Gasteiger partial charge in [0, 0.05) is 24.0 Å². The van der Waals surface area contributed by atoms with Crippen LogP contribution < -0.4 is 4.90 Å². The van der Waals surface area contributed by atoms with E-state index in [2.05, 4.69) is 24.8 Å². The van der Waals surface area contributed by atoms with Gasteiger partial charge in [-0.2, -0.15) is 0 Å². The van der Waals surface area contributed by atoms with Gasteiger partial charge in [-0.25, -0.2) is 14.8 Å². The molecule has 1 unspecified atom stereocenters. The number of anilines is 1. The van der Waals surface area contributed by atoms with Crippen LogP contribution in [0.4, 0.5) is 5.82 Å². The second-order valence-corrected chi connectivity index (χ2v) is 8.14. The average molecular weight is 418 g/mol. The molecule has 0 saturated carbocycles. The Morgan fingerprint density at radius 2 is 1.97 bits per heavy atom. The number of hydrogen-bond acceptors (Lipinski definition) is 5. The predicted molar refractivity (Wildman–Crippen MR) is 124 cm³/mol. The number of aromatic nitrogens is 2. The largest absolute Gasteiger partial charge is 0.478 e. The number of carbonyl (C=O) groups is 1. The molecule has 31 heavy (non-hydrogen) atoms.